The lowest BCUT2D eigenvalue weighted by Crippen LogP contribution is -2.48. The van der Waals surface area contributed by atoms with Crippen LogP contribution in [0, 0.1) is 0 Å². The van der Waals surface area contributed by atoms with Crippen LogP contribution in [0.2, 0.25) is 0 Å². The van der Waals surface area contributed by atoms with Gasteiger partial charge in [-0.05, 0) is 19.8 Å². The summed E-state index contributed by atoms with van der Waals surface area (Å²) in [6, 6.07) is 0.106. The predicted octanol–water partition coefficient (Wildman–Crippen LogP) is 0.149. The molecule has 20 heavy (non-hydrogen) atoms. The molecule has 0 aromatic carbocycles. The van der Waals surface area contributed by atoms with Gasteiger partial charge in [-0.25, -0.2) is 8.42 Å². The van der Waals surface area contributed by atoms with Crippen molar-refractivity contribution in [3.05, 3.63) is 0 Å². The van der Waals surface area contributed by atoms with E-state index in [-0.39, 0.29) is 11.8 Å². The first-order valence-corrected chi connectivity index (χ1v) is 9.12. The van der Waals surface area contributed by atoms with E-state index in [1.165, 1.54) is 0 Å². The lowest BCUT2D eigenvalue weighted by Gasteiger charge is -2.35. The van der Waals surface area contributed by atoms with E-state index >= 15 is 0 Å². The molecule has 6 nitrogen and oxygen atoms in total. The molecule has 0 radical (unpaired) electrons. The van der Waals surface area contributed by atoms with Crippen LogP contribution in [0.15, 0.2) is 0 Å². The smallest absolute Gasteiger partial charge is 0.214 e. The van der Waals surface area contributed by atoms with Crippen molar-refractivity contribution in [1.82, 2.24) is 9.21 Å². The molecule has 0 bridgehead atoms. The number of morpholine rings is 1. The van der Waals surface area contributed by atoms with E-state index in [1.807, 2.05) is 0 Å². The summed E-state index contributed by atoms with van der Waals surface area (Å²) in [5, 5.41) is 0. The molecule has 0 aliphatic carbocycles. The van der Waals surface area contributed by atoms with Crippen LogP contribution in [0.5, 0.6) is 0 Å². The summed E-state index contributed by atoms with van der Waals surface area (Å²) in [6.45, 7) is 7.71. The second-order valence-corrected chi connectivity index (χ2v) is 7.52. The summed E-state index contributed by atoms with van der Waals surface area (Å²) in [7, 11) is -3.14. The summed E-state index contributed by atoms with van der Waals surface area (Å²) >= 11 is 0. The molecule has 0 amide bonds. The topological polar surface area (TPSA) is 59.1 Å². The summed E-state index contributed by atoms with van der Waals surface area (Å²) in [5.41, 5.74) is 0. The predicted molar refractivity (Wildman–Crippen MR) is 77.3 cm³/mol. The van der Waals surface area contributed by atoms with Crippen LogP contribution in [-0.4, -0.2) is 82.0 Å². The first-order valence-electron chi connectivity index (χ1n) is 7.51. The maximum absolute atomic E-state index is 12.3. The van der Waals surface area contributed by atoms with Crippen LogP contribution < -0.4 is 0 Å². The van der Waals surface area contributed by atoms with E-state index in [2.05, 4.69) is 4.90 Å². The molecule has 118 valence electrons. The maximum atomic E-state index is 12.3. The van der Waals surface area contributed by atoms with E-state index in [0.717, 1.165) is 45.7 Å². The average Bonchev–Trinajstić information content (AvgIpc) is 2.49. The third-order valence-corrected chi connectivity index (χ3v) is 5.99. The molecule has 2 saturated heterocycles. The Morgan fingerprint density at radius 3 is 2.30 bits per heavy atom. The molecule has 0 unspecified atom stereocenters. The van der Waals surface area contributed by atoms with E-state index in [9.17, 15) is 8.42 Å². The minimum absolute atomic E-state index is 0.106. The van der Waals surface area contributed by atoms with E-state index < -0.39 is 10.0 Å². The summed E-state index contributed by atoms with van der Waals surface area (Å²) in [4.78, 5) is 2.28. The minimum atomic E-state index is -3.14. The Labute approximate surface area is 122 Å². The molecule has 2 heterocycles. The number of ether oxygens (including phenoxy) is 2. The Bertz CT molecular complexity index is 376. The first kappa shape index (κ1) is 16.2. The molecule has 0 aromatic heterocycles. The van der Waals surface area contributed by atoms with Gasteiger partial charge in [0.05, 0.1) is 19.0 Å². The first-order chi connectivity index (χ1) is 9.63. The number of hydrogen-bond donors (Lipinski definition) is 0. The minimum Gasteiger partial charge on any atom is -0.381 e. The largest absolute Gasteiger partial charge is 0.381 e. The van der Waals surface area contributed by atoms with Crippen molar-refractivity contribution >= 4 is 10.0 Å². The van der Waals surface area contributed by atoms with Crippen LogP contribution in [0.1, 0.15) is 19.8 Å². The fraction of sp³-hybridized carbons (Fsp3) is 1.00. The van der Waals surface area contributed by atoms with Crippen molar-refractivity contribution in [2.45, 2.75) is 25.8 Å². The fourth-order valence-corrected chi connectivity index (χ4v) is 4.11. The van der Waals surface area contributed by atoms with Crippen LogP contribution in [0.4, 0.5) is 0 Å². The third-order valence-electron chi connectivity index (χ3n) is 4.06. The van der Waals surface area contributed by atoms with E-state index in [4.69, 9.17) is 9.47 Å². The van der Waals surface area contributed by atoms with Crippen LogP contribution in [0.25, 0.3) is 0 Å². The summed E-state index contributed by atoms with van der Waals surface area (Å²) in [5.74, 6) is 0.174. The van der Waals surface area contributed by atoms with Crippen LogP contribution in [-0.2, 0) is 19.5 Å². The van der Waals surface area contributed by atoms with Crippen molar-refractivity contribution in [3.8, 4) is 0 Å². The van der Waals surface area contributed by atoms with Crippen molar-refractivity contribution < 1.29 is 17.9 Å². The van der Waals surface area contributed by atoms with Crippen molar-refractivity contribution in [2.75, 3.05) is 58.4 Å². The molecule has 2 aliphatic rings. The second kappa shape index (κ2) is 7.70. The van der Waals surface area contributed by atoms with Gasteiger partial charge in [0.2, 0.25) is 10.0 Å². The number of hydrogen-bond acceptors (Lipinski definition) is 5. The number of rotatable bonds is 6. The zero-order valence-corrected chi connectivity index (χ0v) is 13.1. The van der Waals surface area contributed by atoms with Gasteiger partial charge in [-0.2, -0.15) is 4.31 Å². The number of nitrogens with zero attached hydrogens (tertiary/aromatic N) is 2. The Morgan fingerprint density at radius 2 is 1.70 bits per heavy atom. The van der Waals surface area contributed by atoms with Gasteiger partial charge in [0.15, 0.2) is 0 Å². The Morgan fingerprint density at radius 1 is 1.10 bits per heavy atom. The Kier molecular flexibility index (Phi) is 6.22. The van der Waals surface area contributed by atoms with Gasteiger partial charge >= 0.3 is 0 Å². The summed E-state index contributed by atoms with van der Waals surface area (Å²) < 4.78 is 37.0. The monoisotopic (exact) mass is 306 g/mol. The molecular weight excluding hydrogens is 280 g/mol. The molecular formula is C13H26N2O4S. The Balaban J connectivity index is 1.94. The molecule has 2 aliphatic heterocycles. The van der Waals surface area contributed by atoms with Crippen LogP contribution >= 0.6 is 0 Å². The molecule has 0 N–H and O–H groups in total. The van der Waals surface area contributed by atoms with Gasteiger partial charge in [-0.3, -0.25) is 4.90 Å². The molecule has 0 spiro atoms. The Hall–Kier alpha value is -0.210. The number of sulfonamides is 1. The van der Waals surface area contributed by atoms with E-state index in [1.54, 1.807) is 11.2 Å². The van der Waals surface area contributed by atoms with Crippen LogP contribution in [0.3, 0.4) is 0 Å². The van der Waals surface area contributed by atoms with Gasteiger partial charge in [0.1, 0.15) is 0 Å². The quantitative estimate of drug-likeness (QED) is 0.699. The highest BCUT2D eigenvalue weighted by atomic mass is 32.2. The van der Waals surface area contributed by atoms with E-state index in [0.29, 0.717) is 19.8 Å². The third kappa shape index (κ3) is 4.39. The van der Waals surface area contributed by atoms with Crippen molar-refractivity contribution in [1.29, 1.82) is 0 Å². The standard InChI is InChI=1S/C13H26N2O4S/c1-2-20(16,17)15(13-3-9-18-10-4-13)6-5-14-7-11-19-12-8-14/h13H,2-12H2,1H3. The highest BCUT2D eigenvalue weighted by Gasteiger charge is 2.30. The molecule has 2 rings (SSSR count). The second-order valence-electron chi connectivity index (χ2n) is 5.31. The van der Waals surface area contributed by atoms with Gasteiger partial charge < -0.3 is 9.47 Å². The zero-order valence-electron chi connectivity index (χ0n) is 12.3. The molecule has 0 saturated carbocycles. The molecule has 2 fully saturated rings. The fourth-order valence-electron chi connectivity index (χ4n) is 2.75. The van der Waals surface area contributed by atoms with Gasteiger partial charge in [0.25, 0.3) is 0 Å². The normalized spacial score (nSPS) is 23.3. The molecule has 0 atom stereocenters. The highest BCUT2D eigenvalue weighted by Crippen LogP contribution is 2.18. The van der Waals surface area contributed by atoms with Gasteiger partial charge in [-0.15, -0.1) is 0 Å². The zero-order chi connectivity index (χ0) is 14.4. The molecule has 7 heteroatoms. The average molecular weight is 306 g/mol. The van der Waals surface area contributed by atoms with Gasteiger partial charge in [-0.1, -0.05) is 0 Å². The maximum Gasteiger partial charge on any atom is 0.214 e. The lowest BCUT2D eigenvalue weighted by atomic mass is 10.1. The SMILES string of the molecule is CCS(=O)(=O)N(CCN1CCOCC1)C1CCOCC1. The van der Waals surface area contributed by atoms with Gasteiger partial charge in [0, 0.05) is 45.4 Å². The van der Waals surface area contributed by atoms with Crippen molar-refractivity contribution in [2.24, 2.45) is 0 Å². The van der Waals surface area contributed by atoms with Crippen molar-refractivity contribution in [3.63, 3.8) is 0 Å². The molecule has 0 aromatic rings. The lowest BCUT2D eigenvalue weighted by molar-refractivity contribution is 0.0292. The summed E-state index contributed by atoms with van der Waals surface area (Å²) in [6.07, 6.45) is 1.62. The highest BCUT2D eigenvalue weighted by molar-refractivity contribution is 7.89.